The molecule has 4 heterocycles. The highest BCUT2D eigenvalue weighted by molar-refractivity contribution is 7.96. The normalized spacial score (nSPS) is 29.9. The molecular formula is C23H26N3O6S. The highest BCUT2D eigenvalue weighted by Crippen LogP contribution is 2.50. The molecule has 2 bridgehead atoms. The van der Waals surface area contributed by atoms with Gasteiger partial charge in [-0.3, -0.25) is 9.59 Å². The van der Waals surface area contributed by atoms with Crippen molar-refractivity contribution >= 4 is 27.3 Å². The van der Waals surface area contributed by atoms with Crippen molar-refractivity contribution in [2.24, 2.45) is 17.6 Å². The molecule has 1 aromatic carbocycles. The zero-order valence-corrected chi connectivity index (χ0v) is 19.2. The first-order valence-electron chi connectivity index (χ1n) is 11.1. The number of primary amides is 1. The van der Waals surface area contributed by atoms with Crippen LogP contribution in [0.15, 0.2) is 45.0 Å². The number of rotatable bonds is 5. The number of aliphatic hydroxyl groups is 1. The molecule has 0 spiro atoms. The van der Waals surface area contributed by atoms with E-state index in [2.05, 4.69) is 11.4 Å². The van der Waals surface area contributed by atoms with Crippen LogP contribution in [0.3, 0.4) is 0 Å². The van der Waals surface area contributed by atoms with Crippen molar-refractivity contribution in [2.75, 3.05) is 11.9 Å². The van der Waals surface area contributed by atoms with Crippen LogP contribution in [0.2, 0.25) is 0 Å². The molecule has 2 amide bonds. The first-order chi connectivity index (χ1) is 15.6. The summed E-state index contributed by atoms with van der Waals surface area (Å²) in [6.07, 6.45) is 1.81. The van der Waals surface area contributed by atoms with Gasteiger partial charge in [-0.15, -0.1) is 0 Å². The van der Waals surface area contributed by atoms with Gasteiger partial charge in [0.15, 0.2) is 4.91 Å². The van der Waals surface area contributed by atoms with Crippen molar-refractivity contribution in [3.8, 4) is 0 Å². The monoisotopic (exact) mass is 472 g/mol. The zero-order valence-electron chi connectivity index (χ0n) is 18.4. The maximum Gasteiger partial charge on any atom is 0.262 e. The van der Waals surface area contributed by atoms with E-state index in [1.165, 1.54) is 18.2 Å². The summed E-state index contributed by atoms with van der Waals surface area (Å²) in [6, 6.07) is 6.60. The number of benzene rings is 1. The van der Waals surface area contributed by atoms with Crippen LogP contribution in [0.5, 0.6) is 0 Å². The number of sulfone groups is 1. The second-order valence-electron chi connectivity index (χ2n) is 9.37. The predicted molar refractivity (Wildman–Crippen MR) is 118 cm³/mol. The number of nitrogens with two attached hydrogens (primary N) is 1. The Labute approximate surface area is 192 Å². The average Bonchev–Trinajstić information content (AvgIpc) is 3.35. The van der Waals surface area contributed by atoms with Gasteiger partial charge in [-0.1, -0.05) is 19.9 Å². The van der Waals surface area contributed by atoms with E-state index in [4.69, 9.17) is 10.5 Å². The number of anilines is 1. The number of amides is 2. The van der Waals surface area contributed by atoms with Crippen LogP contribution in [0.1, 0.15) is 33.1 Å². The van der Waals surface area contributed by atoms with Crippen LogP contribution < -0.4 is 11.1 Å². The van der Waals surface area contributed by atoms with Gasteiger partial charge in [0, 0.05) is 6.54 Å². The molecule has 0 aliphatic carbocycles. The van der Waals surface area contributed by atoms with E-state index in [1.807, 2.05) is 13.8 Å². The molecule has 0 aromatic heterocycles. The van der Waals surface area contributed by atoms with Crippen LogP contribution in [-0.4, -0.2) is 55.0 Å². The maximum absolute atomic E-state index is 13.8. The molecule has 4 atom stereocenters. The molecule has 1 radical (unpaired) electrons. The molecule has 9 nitrogen and oxygen atoms in total. The molecule has 2 fully saturated rings. The minimum Gasteiger partial charge on any atom is -0.511 e. The van der Waals surface area contributed by atoms with E-state index >= 15 is 0 Å². The third-order valence-electron chi connectivity index (χ3n) is 6.93. The quantitative estimate of drug-likeness (QED) is 0.592. The fraction of sp³-hybridized carbons (Fsp3) is 0.478. The predicted octanol–water partition coefficient (Wildman–Crippen LogP) is 1.63. The molecule has 4 aliphatic rings. The van der Waals surface area contributed by atoms with E-state index in [0.29, 0.717) is 12.5 Å². The molecular weight excluding hydrogens is 446 g/mol. The Morgan fingerprint density at radius 3 is 2.79 bits per heavy atom. The van der Waals surface area contributed by atoms with Crippen molar-refractivity contribution < 1.29 is 27.9 Å². The van der Waals surface area contributed by atoms with E-state index in [9.17, 15) is 23.1 Å². The Balaban J connectivity index is 1.70. The number of aliphatic hydroxyl groups excluding tert-OH is 1. The topological polar surface area (TPSA) is 139 Å². The van der Waals surface area contributed by atoms with Crippen molar-refractivity contribution in [3.05, 3.63) is 46.2 Å². The molecule has 5 rings (SSSR count). The summed E-state index contributed by atoms with van der Waals surface area (Å²) >= 11 is 0. The van der Waals surface area contributed by atoms with E-state index in [1.54, 1.807) is 4.90 Å². The lowest BCUT2D eigenvalue weighted by Crippen LogP contribution is -2.55. The summed E-state index contributed by atoms with van der Waals surface area (Å²) in [5.74, 6) is -2.15. The van der Waals surface area contributed by atoms with E-state index in [0.717, 1.165) is 19.3 Å². The summed E-state index contributed by atoms with van der Waals surface area (Å²) in [5, 5.41) is 14.2. The molecule has 2 saturated heterocycles. The lowest BCUT2D eigenvalue weighted by Gasteiger charge is -2.43. The van der Waals surface area contributed by atoms with Gasteiger partial charge < -0.3 is 25.8 Å². The van der Waals surface area contributed by atoms with Gasteiger partial charge in [-0.25, -0.2) is 8.42 Å². The molecule has 0 saturated carbocycles. The van der Waals surface area contributed by atoms with Crippen LogP contribution in [0.25, 0.3) is 0 Å². The lowest BCUT2D eigenvalue weighted by atomic mass is 9.77. The van der Waals surface area contributed by atoms with Gasteiger partial charge in [0.25, 0.3) is 11.8 Å². The number of carbonyl (C=O) groups is 2. The number of hydrogen-bond donors (Lipinski definition) is 3. The van der Waals surface area contributed by atoms with Crippen molar-refractivity contribution in [3.63, 3.8) is 0 Å². The Hall–Kier alpha value is -2.85. The fourth-order valence-corrected chi connectivity index (χ4v) is 6.97. The summed E-state index contributed by atoms with van der Waals surface area (Å²) in [4.78, 5) is 26.9. The van der Waals surface area contributed by atoms with Crippen molar-refractivity contribution in [1.82, 2.24) is 4.90 Å². The summed E-state index contributed by atoms with van der Waals surface area (Å²) in [6.45, 7) is 4.53. The SMILES string of the molecule is CC(C)CCN1C(=O)C(C2=C(C(N)=O)S(=O)(=O)c3c[c]ccc3N2)=C(O)C2C3CCC(O3)C21. The van der Waals surface area contributed by atoms with Gasteiger partial charge >= 0.3 is 0 Å². The Kier molecular flexibility index (Phi) is 5.06. The highest BCUT2D eigenvalue weighted by Gasteiger charge is 2.58. The number of fused-ring (bicyclic) bond motifs is 6. The zero-order chi connectivity index (χ0) is 23.7. The largest absolute Gasteiger partial charge is 0.511 e. The summed E-state index contributed by atoms with van der Waals surface area (Å²) in [7, 11) is -4.34. The standard InChI is InChI=1S/C23H26N3O6S/c1-11(2)9-10-26-19-14-8-7-13(32-14)16(19)20(27)17(23(26)29)18-21(22(24)28)33(30,31)15-6-4-3-5-12(15)25-18/h3,5-6,11,13-14,16,19,25,27H,7-10H2,1-2H3,(H2,24,28). The Bertz CT molecular complexity index is 1220. The third kappa shape index (κ3) is 3.18. The maximum atomic E-state index is 13.8. The van der Waals surface area contributed by atoms with Crippen LogP contribution >= 0.6 is 0 Å². The first-order valence-corrected chi connectivity index (χ1v) is 12.6. The second kappa shape index (κ2) is 7.59. The van der Waals surface area contributed by atoms with Crippen molar-refractivity contribution in [2.45, 2.75) is 56.3 Å². The lowest BCUT2D eigenvalue weighted by molar-refractivity contribution is -0.133. The molecule has 4 aliphatic heterocycles. The van der Waals surface area contributed by atoms with Crippen LogP contribution in [-0.2, 0) is 24.2 Å². The minimum atomic E-state index is -4.34. The number of hydrogen-bond acceptors (Lipinski definition) is 7. The summed E-state index contributed by atoms with van der Waals surface area (Å²) in [5.41, 5.74) is 5.18. The molecule has 4 N–H and O–H groups in total. The second-order valence-corrected chi connectivity index (χ2v) is 11.2. The smallest absolute Gasteiger partial charge is 0.262 e. The number of ether oxygens (including phenoxy) is 1. The van der Waals surface area contributed by atoms with E-state index < -0.39 is 32.5 Å². The molecule has 4 unspecified atom stereocenters. The van der Waals surface area contributed by atoms with Gasteiger partial charge in [0.2, 0.25) is 9.84 Å². The number of carbonyl (C=O) groups excluding carboxylic acids is 2. The number of nitrogens with zero attached hydrogens (tertiary/aromatic N) is 1. The van der Waals surface area contributed by atoms with Gasteiger partial charge in [-0.05, 0) is 43.4 Å². The van der Waals surface area contributed by atoms with Crippen molar-refractivity contribution in [1.29, 1.82) is 0 Å². The molecule has 33 heavy (non-hydrogen) atoms. The molecule has 1 aromatic rings. The third-order valence-corrected chi connectivity index (χ3v) is 8.79. The van der Waals surface area contributed by atoms with Crippen LogP contribution in [0, 0.1) is 17.9 Å². The van der Waals surface area contributed by atoms with Gasteiger partial charge in [0.1, 0.15) is 11.3 Å². The average molecular weight is 473 g/mol. The minimum absolute atomic E-state index is 0.163. The van der Waals surface area contributed by atoms with Gasteiger partial charge in [-0.2, -0.15) is 0 Å². The Morgan fingerprint density at radius 2 is 2.09 bits per heavy atom. The summed E-state index contributed by atoms with van der Waals surface area (Å²) < 4.78 is 32.6. The van der Waals surface area contributed by atoms with E-state index in [-0.39, 0.29) is 45.9 Å². The Morgan fingerprint density at radius 1 is 1.36 bits per heavy atom. The number of nitrogens with one attached hydrogen (secondary N) is 1. The molecule has 10 heteroatoms. The first kappa shape index (κ1) is 22.0. The van der Waals surface area contributed by atoms with Crippen LogP contribution in [0.4, 0.5) is 5.69 Å². The highest BCUT2D eigenvalue weighted by atomic mass is 32.2. The van der Waals surface area contributed by atoms with Gasteiger partial charge in [0.05, 0.1) is 40.4 Å². The fourth-order valence-electron chi connectivity index (χ4n) is 5.43. The molecule has 175 valence electrons.